The third-order valence-electron chi connectivity index (χ3n) is 3.65. The van der Waals surface area contributed by atoms with E-state index < -0.39 is 0 Å². The predicted molar refractivity (Wildman–Crippen MR) is 95.6 cm³/mol. The Labute approximate surface area is 140 Å². The Morgan fingerprint density at radius 2 is 1.88 bits per heavy atom. The van der Waals surface area contributed by atoms with Gasteiger partial charge in [-0.25, -0.2) is 4.98 Å². The summed E-state index contributed by atoms with van der Waals surface area (Å²) in [6.45, 7) is 0.471. The van der Waals surface area contributed by atoms with Gasteiger partial charge >= 0.3 is 0 Å². The van der Waals surface area contributed by atoms with Crippen LogP contribution in [0.5, 0.6) is 5.75 Å². The Kier molecular flexibility index (Phi) is 4.87. The van der Waals surface area contributed by atoms with Crippen molar-refractivity contribution in [3.05, 3.63) is 78.0 Å². The molecular weight excluding hydrogens is 300 g/mol. The molecule has 0 bridgehead atoms. The summed E-state index contributed by atoms with van der Waals surface area (Å²) in [6.07, 6.45) is 3.22. The summed E-state index contributed by atoms with van der Waals surface area (Å²) in [5.41, 5.74) is 2.69. The highest BCUT2D eigenvalue weighted by Crippen LogP contribution is 2.13. The number of carbonyl (C=O) groups is 1. The normalized spacial score (nSPS) is 10.9. The van der Waals surface area contributed by atoms with Gasteiger partial charge in [0.05, 0.1) is 18.3 Å². The van der Waals surface area contributed by atoms with Gasteiger partial charge in [0.25, 0.3) is 0 Å². The Morgan fingerprint density at radius 3 is 2.67 bits per heavy atom. The molecule has 4 nitrogen and oxygen atoms in total. The van der Waals surface area contributed by atoms with E-state index >= 15 is 0 Å². The first-order chi connectivity index (χ1) is 11.7. The number of para-hydroxylation sites is 1. The fourth-order valence-electron chi connectivity index (χ4n) is 2.33. The first-order valence-corrected chi connectivity index (χ1v) is 7.69. The second-order valence-corrected chi connectivity index (χ2v) is 5.33. The fraction of sp³-hybridized carbons (Fsp3) is 0.100. The highest BCUT2D eigenvalue weighted by atomic mass is 16.5. The van der Waals surface area contributed by atoms with Crippen molar-refractivity contribution in [1.29, 1.82) is 0 Å². The van der Waals surface area contributed by atoms with Crippen LogP contribution in [-0.4, -0.2) is 18.0 Å². The number of aromatic nitrogens is 1. The molecule has 3 rings (SSSR count). The molecule has 0 aliphatic carbocycles. The van der Waals surface area contributed by atoms with Crippen LogP contribution in [0, 0.1) is 0 Å². The van der Waals surface area contributed by atoms with Crippen molar-refractivity contribution < 1.29 is 9.53 Å². The molecule has 4 heteroatoms. The van der Waals surface area contributed by atoms with Gasteiger partial charge in [0.2, 0.25) is 5.91 Å². The molecule has 120 valence electrons. The Balaban J connectivity index is 1.59. The number of rotatable bonds is 5. The van der Waals surface area contributed by atoms with Crippen LogP contribution in [0.2, 0.25) is 0 Å². The lowest BCUT2D eigenvalue weighted by Crippen LogP contribution is -2.20. The lowest BCUT2D eigenvalue weighted by Gasteiger charge is -2.04. The molecule has 3 aromatic rings. The van der Waals surface area contributed by atoms with Crippen molar-refractivity contribution in [1.82, 2.24) is 10.3 Å². The summed E-state index contributed by atoms with van der Waals surface area (Å²) in [5, 5.41) is 3.93. The highest BCUT2D eigenvalue weighted by molar-refractivity contribution is 5.91. The van der Waals surface area contributed by atoms with Crippen LogP contribution in [0.25, 0.3) is 17.0 Å². The number of nitrogens with zero attached hydrogens (tertiary/aromatic N) is 1. The molecule has 1 amide bonds. The minimum absolute atomic E-state index is 0.152. The predicted octanol–water partition coefficient (Wildman–Crippen LogP) is 3.57. The number of methoxy groups -OCH3 is 1. The van der Waals surface area contributed by atoms with Gasteiger partial charge in [0.1, 0.15) is 5.75 Å². The standard InChI is InChI=1S/C20H18N2O2/c1-24-18-11-6-15(7-12-18)14-21-20(23)13-10-17-9-8-16-4-2-3-5-19(16)22-17/h2-13H,14H2,1H3,(H,21,23)/b13-10+. The zero-order valence-electron chi connectivity index (χ0n) is 13.4. The molecule has 24 heavy (non-hydrogen) atoms. The van der Waals surface area contributed by atoms with Gasteiger partial charge in [-0.05, 0) is 35.9 Å². The molecular formula is C20H18N2O2. The van der Waals surface area contributed by atoms with Crippen molar-refractivity contribution in [2.45, 2.75) is 6.54 Å². The molecule has 0 fully saturated rings. The van der Waals surface area contributed by atoms with Crippen LogP contribution in [0.3, 0.4) is 0 Å². The number of nitrogens with one attached hydrogen (secondary N) is 1. The maximum Gasteiger partial charge on any atom is 0.244 e. The van der Waals surface area contributed by atoms with Crippen LogP contribution in [0.1, 0.15) is 11.3 Å². The van der Waals surface area contributed by atoms with E-state index in [1.807, 2.05) is 60.7 Å². The molecule has 0 saturated carbocycles. The smallest absolute Gasteiger partial charge is 0.244 e. The molecule has 0 atom stereocenters. The van der Waals surface area contributed by atoms with Gasteiger partial charge in [0.15, 0.2) is 0 Å². The van der Waals surface area contributed by atoms with Crippen molar-refractivity contribution in [3.63, 3.8) is 0 Å². The van der Waals surface area contributed by atoms with E-state index in [-0.39, 0.29) is 5.91 Å². The molecule has 0 radical (unpaired) electrons. The van der Waals surface area contributed by atoms with Crippen LogP contribution in [-0.2, 0) is 11.3 Å². The van der Waals surface area contributed by atoms with Gasteiger partial charge in [-0.15, -0.1) is 0 Å². The van der Waals surface area contributed by atoms with Gasteiger partial charge in [-0.2, -0.15) is 0 Å². The van der Waals surface area contributed by atoms with Crippen molar-refractivity contribution in [2.75, 3.05) is 7.11 Å². The average Bonchev–Trinajstić information content (AvgIpc) is 2.65. The second-order valence-electron chi connectivity index (χ2n) is 5.33. The second kappa shape index (κ2) is 7.42. The Morgan fingerprint density at radius 1 is 1.08 bits per heavy atom. The van der Waals surface area contributed by atoms with Crippen LogP contribution in [0.4, 0.5) is 0 Å². The zero-order valence-corrected chi connectivity index (χ0v) is 13.4. The number of pyridine rings is 1. The van der Waals surface area contributed by atoms with E-state index in [1.54, 1.807) is 13.2 Å². The Hall–Kier alpha value is -3.14. The van der Waals surface area contributed by atoms with E-state index in [2.05, 4.69) is 10.3 Å². The third-order valence-corrected chi connectivity index (χ3v) is 3.65. The van der Waals surface area contributed by atoms with Gasteiger partial charge in [-0.3, -0.25) is 4.79 Å². The summed E-state index contributed by atoms with van der Waals surface area (Å²) >= 11 is 0. The molecule has 1 heterocycles. The molecule has 0 unspecified atom stereocenters. The molecule has 0 aliphatic heterocycles. The van der Waals surface area contributed by atoms with E-state index in [0.717, 1.165) is 27.9 Å². The first-order valence-electron chi connectivity index (χ1n) is 7.69. The minimum atomic E-state index is -0.152. The third kappa shape index (κ3) is 3.98. The van der Waals surface area contributed by atoms with Crippen LogP contribution >= 0.6 is 0 Å². The summed E-state index contributed by atoms with van der Waals surface area (Å²) in [6, 6.07) is 19.4. The number of amides is 1. The van der Waals surface area contributed by atoms with E-state index in [0.29, 0.717) is 6.54 Å². The lowest BCUT2D eigenvalue weighted by atomic mass is 10.2. The number of hydrogen-bond acceptors (Lipinski definition) is 3. The highest BCUT2D eigenvalue weighted by Gasteiger charge is 1.99. The zero-order chi connectivity index (χ0) is 16.8. The monoisotopic (exact) mass is 318 g/mol. The van der Waals surface area contributed by atoms with Crippen molar-refractivity contribution >= 4 is 22.9 Å². The van der Waals surface area contributed by atoms with Crippen LogP contribution < -0.4 is 10.1 Å². The number of fused-ring (bicyclic) bond motifs is 1. The van der Waals surface area contributed by atoms with E-state index in [1.165, 1.54) is 6.08 Å². The SMILES string of the molecule is COc1ccc(CNC(=O)/C=C/c2ccc3ccccc3n2)cc1. The maximum atomic E-state index is 11.9. The summed E-state index contributed by atoms with van der Waals surface area (Å²) < 4.78 is 5.11. The number of hydrogen-bond donors (Lipinski definition) is 1. The molecule has 0 spiro atoms. The van der Waals surface area contributed by atoms with Gasteiger partial charge in [0, 0.05) is 18.0 Å². The fourth-order valence-corrected chi connectivity index (χ4v) is 2.33. The quantitative estimate of drug-likeness (QED) is 0.732. The first kappa shape index (κ1) is 15.7. The van der Waals surface area contributed by atoms with Gasteiger partial charge < -0.3 is 10.1 Å². The molecule has 0 saturated heterocycles. The van der Waals surface area contributed by atoms with E-state index in [9.17, 15) is 4.79 Å². The number of carbonyl (C=O) groups excluding carboxylic acids is 1. The molecule has 2 aromatic carbocycles. The van der Waals surface area contributed by atoms with Crippen molar-refractivity contribution in [2.24, 2.45) is 0 Å². The van der Waals surface area contributed by atoms with Crippen molar-refractivity contribution in [3.8, 4) is 5.75 Å². The molecule has 1 N–H and O–H groups in total. The van der Waals surface area contributed by atoms with Crippen LogP contribution in [0.15, 0.2) is 66.7 Å². The Bertz CT molecular complexity index is 870. The maximum absolute atomic E-state index is 11.9. The lowest BCUT2D eigenvalue weighted by molar-refractivity contribution is -0.116. The largest absolute Gasteiger partial charge is 0.497 e. The average molecular weight is 318 g/mol. The molecule has 1 aromatic heterocycles. The summed E-state index contributed by atoms with van der Waals surface area (Å²) in [5.74, 6) is 0.646. The topological polar surface area (TPSA) is 51.2 Å². The summed E-state index contributed by atoms with van der Waals surface area (Å²) in [7, 11) is 1.63. The minimum Gasteiger partial charge on any atom is -0.497 e. The summed E-state index contributed by atoms with van der Waals surface area (Å²) in [4.78, 5) is 16.4. The van der Waals surface area contributed by atoms with E-state index in [4.69, 9.17) is 4.74 Å². The number of benzene rings is 2. The molecule has 0 aliphatic rings. The van der Waals surface area contributed by atoms with Gasteiger partial charge in [-0.1, -0.05) is 36.4 Å². The number of ether oxygens (including phenoxy) is 1.